The summed E-state index contributed by atoms with van der Waals surface area (Å²) in [7, 11) is 0. The van der Waals surface area contributed by atoms with Gasteiger partial charge in [-0.3, -0.25) is 4.98 Å². The maximum absolute atomic E-state index is 4.55. The summed E-state index contributed by atoms with van der Waals surface area (Å²) in [4.78, 5) is 4.55. The summed E-state index contributed by atoms with van der Waals surface area (Å²) in [6.07, 6.45) is 2.72. The molecule has 3 rings (SSSR count). The van der Waals surface area contributed by atoms with Gasteiger partial charge in [0.15, 0.2) is 0 Å². The molecule has 1 nitrogen and oxygen atoms in total. The molecule has 1 radical (unpaired) electrons. The van der Waals surface area contributed by atoms with Gasteiger partial charge in [-0.25, -0.2) is 0 Å². The number of pyridine rings is 1. The molecule has 22 heavy (non-hydrogen) atoms. The van der Waals surface area contributed by atoms with Crippen LogP contribution in [0.3, 0.4) is 0 Å². The number of aromatic nitrogens is 1. The molecule has 0 saturated carbocycles. The molecule has 0 N–H and O–H groups in total. The van der Waals surface area contributed by atoms with Gasteiger partial charge in [0.2, 0.25) is 0 Å². The van der Waals surface area contributed by atoms with Crippen molar-refractivity contribution in [2.45, 2.75) is 13.3 Å². The van der Waals surface area contributed by atoms with E-state index in [2.05, 4.69) is 78.3 Å². The van der Waals surface area contributed by atoms with E-state index in [0.717, 1.165) is 17.7 Å². The average molecular weight is 284 g/mol. The number of hydrogen-bond donors (Lipinski definition) is 0. The van der Waals surface area contributed by atoms with Crippen molar-refractivity contribution in [3.63, 3.8) is 0 Å². The Kier molecular flexibility index (Phi) is 4.21. The summed E-state index contributed by atoms with van der Waals surface area (Å²) in [6, 6.07) is 18.8. The molecule has 0 aliphatic rings. The van der Waals surface area contributed by atoms with E-state index < -0.39 is 0 Å². The van der Waals surface area contributed by atoms with E-state index in [-0.39, 0.29) is 5.92 Å². The molecule has 0 bridgehead atoms. The molecule has 1 atom stereocenters. The minimum absolute atomic E-state index is 0.152. The smallest absolute Gasteiger partial charge is 0.0525 e. The van der Waals surface area contributed by atoms with Crippen molar-refractivity contribution in [1.29, 1.82) is 0 Å². The highest BCUT2D eigenvalue weighted by Crippen LogP contribution is 2.19. The number of nitrogens with zero attached hydrogens (tertiary/aromatic N) is 1. The lowest BCUT2D eigenvalue weighted by Gasteiger charge is -2.06. The summed E-state index contributed by atoms with van der Waals surface area (Å²) in [5.74, 6) is 6.37. The van der Waals surface area contributed by atoms with Crippen LogP contribution in [0, 0.1) is 24.7 Å². The Morgan fingerprint density at radius 1 is 1.05 bits per heavy atom. The Morgan fingerprint density at radius 3 is 2.59 bits per heavy atom. The average Bonchev–Trinajstić information content (AvgIpc) is 2.54. The van der Waals surface area contributed by atoms with Gasteiger partial charge in [-0.05, 0) is 36.1 Å². The van der Waals surface area contributed by atoms with E-state index in [1.54, 1.807) is 0 Å². The SMILES string of the molecule is [CH2]C(C)C#Cc1ccc(Cc2nccc3ccccc23)cc1. The fraction of sp³-hybridized carbons (Fsp3) is 0.143. The molecule has 1 aromatic heterocycles. The van der Waals surface area contributed by atoms with Crippen molar-refractivity contribution >= 4 is 10.8 Å². The van der Waals surface area contributed by atoms with Crippen LogP contribution in [0.5, 0.6) is 0 Å². The highest BCUT2D eigenvalue weighted by atomic mass is 14.7. The molecule has 1 unspecified atom stereocenters. The van der Waals surface area contributed by atoms with Crippen LogP contribution >= 0.6 is 0 Å². The van der Waals surface area contributed by atoms with Crippen LogP contribution in [-0.4, -0.2) is 4.98 Å². The Labute approximate surface area is 132 Å². The third kappa shape index (κ3) is 3.35. The number of hydrogen-bond acceptors (Lipinski definition) is 1. The second-order valence-corrected chi connectivity index (χ2v) is 5.52. The molecular formula is C21H18N. The van der Waals surface area contributed by atoms with Gasteiger partial charge in [0.05, 0.1) is 5.69 Å². The predicted molar refractivity (Wildman–Crippen MR) is 92.4 cm³/mol. The van der Waals surface area contributed by atoms with Gasteiger partial charge in [0.1, 0.15) is 0 Å². The third-order valence-electron chi connectivity index (χ3n) is 3.54. The first-order valence-electron chi connectivity index (χ1n) is 7.48. The topological polar surface area (TPSA) is 12.9 Å². The zero-order chi connectivity index (χ0) is 15.4. The normalized spacial score (nSPS) is 10.5. The first kappa shape index (κ1) is 14.4. The van der Waals surface area contributed by atoms with Gasteiger partial charge in [-0.1, -0.05) is 55.2 Å². The van der Waals surface area contributed by atoms with Gasteiger partial charge in [0, 0.05) is 29.5 Å². The van der Waals surface area contributed by atoms with Crippen LogP contribution in [0.25, 0.3) is 10.8 Å². The molecule has 0 aliphatic carbocycles. The number of benzene rings is 2. The summed E-state index contributed by atoms with van der Waals surface area (Å²) in [5, 5.41) is 2.46. The molecule has 0 saturated heterocycles. The Balaban J connectivity index is 1.85. The first-order valence-corrected chi connectivity index (χ1v) is 7.48. The van der Waals surface area contributed by atoms with Crippen LogP contribution in [0.4, 0.5) is 0 Å². The fourth-order valence-corrected chi connectivity index (χ4v) is 2.43. The van der Waals surface area contributed by atoms with Gasteiger partial charge in [0.25, 0.3) is 0 Å². The van der Waals surface area contributed by atoms with E-state index in [9.17, 15) is 0 Å². The number of fused-ring (bicyclic) bond motifs is 1. The van der Waals surface area contributed by atoms with Crippen LogP contribution in [0.15, 0.2) is 60.8 Å². The highest BCUT2D eigenvalue weighted by molar-refractivity contribution is 5.84. The quantitative estimate of drug-likeness (QED) is 0.624. The minimum Gasteiger partial charge on any atom is -0.260 e. The van der Waals surface area contributed by atoms with Gasteiger partial charge < -0.3 is 0 Å². The number of rotatable bonds is 2. The zero-order valence-corrected chi connectivity index (χ0v) is 12.7. The van der Waals surface area contributed by atoms with Crippen molar-refractivity contribution in [2.75, 3.05) is 0 Å². The van der Waals surface area contributed by atoms with Crippen molar-refractivity contribution < 1.29 is 0 Å². The second-order valence-electron chi connectivity index (χ2n) is 5.52. The predicted octanol–water partition coefficient (Wildman–Crippen LogP) is 4.65. The van der Waals surface area contributed by atoms with E-state index in [1.807, 2.05) is 13.1 Å². The lowest BCUT2D eigenvalue weighted by molar-refractivity contribution is 0.977. The lowest BCUT2D eigenvalue weighted by Crippen LogP contribution is -1.93. The summed E-state index contributed by atoms with van der Waals surface area (Å²) >= 11 is 0. The molecule has 0 fully saturated rings. The summed E-state index contributed by atoms with van der Waals surface area (Å²) in [5.41, 5.74) is 3.39. The molecule has 3 aromatic rings. The second kappa shape index (κ2) is 6.45. The van der Waals surface area contributed by atoms with Crippen LogP contribution in [-0.2, 0) is 6.42 Å². The lowest BCUT2D eigenvalue weighted by atomic mass is 10.0. The van der Waals surface area contributed by atoms with Crippen molar-refractivity contribution in [1.82, 2.24) is 4.98 Å². The van der Waals surface area contributed by atoms with Crippen LogP contribution < -0.4 is 0 Å². The molecule has 107 valence electrons. The monoisotopic (exact) mass is 284 g/mol. The first-order chi connectivity index (χ1) is 10.7. The van der Waals surface area contributed by atoms with E-state index in [0.29, 0.717) is 0 Å². The van der Waals surface area contributed by atoms with Crippen molar-refractivity contribution in [2.24, 2.45) is 5.92 Å². The van der Waals surface area contributed by atoms with Crippen LogP contribution in [0.1, 0.15) is 23.7 Å². The molecule has 1 heteroatoms. The highest BCUT2D eigenvalue weighted by Gasteiger charge is 2.03. The third-order valence-corrected chi connectivity index (χ3v) is 3.54. The Morgan fingerprint density at radius 2 is 1.82 bits per heavy atom. The molecule has 0 aliphatic heterocycles. The molecule has 0 amide bonds. The molecule has 1 heterocycles. The largest absolute Gasteiger partial charge is 0.260 e. The fourth-order valence-electron chi connectivity index (χ4n) is 2.43. The molecule has 2 aromatic carbocycles. The Bertz CT molecular complexity index is 828. The minimum atomic E-state index is 0.152. The van der Waals surface area contributed by atoms with Crippen LogP contribution in [0.2, 0.25) is 0 Å². The maximum atomic E-state index is 4.55. The maximum Gasteiger partial charge on any atom is 0.0525 e. The summed E-state index contributed by atoms with van der Waals surface area (Å²) in [6.45, 7) is 5.87. The van der Waals surface area contributed by atoms with Gasteiger partial charge in [-0.15, -0.1) is 0 Å². The standard InChI is InChI=1S/C21H18N/c1-16(2)7-8-17-9-11-18(12-10-17)15-21-20-6-4-3-5-19(20)13-14-22-21/h3-6,9-14,16H,1,15H2,2H3. The molecule has 0 spiro atoms. The van der Waals surface area contributed by atoms with Crippen molar-refractivity contribution in [3.05, 3.63) is 84.5 Å². The van der Waals surface area contributed by atoms with Gasteiger partial charge >= 0.3 is 0 Å². The molecular weight excluding hydrogens is 266 g/mol. The van der Waals surface area contributed by atoms with E-state index >= 15 is 0 Å². The Hall–Kier alpha value is -2.59. The zero-order valence-electron chi connectivity index (χ0n) is 12.7. The van der Waals surface area contributed by atoms with E-state index in [4.69, 9.17) is 0 Å². The van der Waals surface area contributed by atoms with Gasteiger partial charge in [-0.2, -0.15) is 0 Å². The summed E-state index contributed by atoms with van der Waals surface area (Å²) < 4.78 is 0. The van der Waals surface area contributed by atoms with E-state index in [1.165, 1.54) is 16.3 Å². The van der Waals surface area contributed by atoms with Crippen molar-refractivity contribution in [3.8, 4) is 11.8 Å².